The van der Waals surface area contributed by atoms with E-state index in [1.165, 1.54) is 4.90 Å². The van der Waals surface area contributed by atoms with Crippen molar-refractivity contribution in [2.75, 3.05) is 10.2 Å². The fourth-order valence-corrected chi connectivity index (χ4v) is 2.77. The van der Waals surface area contributed by atoms with Crippen molar-refractivity contribution < 1.29 is 14.4 Å². The second-order valence-electron chi connectivity index (χ2n) is 5.83. The molecule has 0 spiro atoms. The van der Waals surface area contributed by atoms with E-state index in [0.29, 0.717) is 17.8 Å². The van der Waals surface area contributed by atoms with E-state index in [1.54, 1.807) is 18.2 Å². The van der Waals surface area contributed by atoms with Gasteiger partial charge < -0.3 is 5.32 Å². The maximum absolute atomic E-state index is 12.1. The van der Waals surface area contributed by atoms with Crippen molar-refractivity contribution in [1.82, 2.24) is 0 Å². The van der Waals surface area contributed by atoms with Crippen LogP contribution in [0.4, 0.5) is 11.4 Å². The highest BCUT2D eigenvalue weighted by Crippen LogP contribution is 2.27. The molecule has 2 aromatic carbocycles. The molecule has 1 saturated heterocycles. The molecule has 0 aliphatic carbocycles. The van der Waals surface area contributed by atoms with Crippen LogP contribution in [0.25, 0.3) is 0 Å². The standard InChI is InChI=1S/C19H18N2O3/c1-13-11-15(21-18(23)9-10-19(21)24)7-8-16(13)20-17(22)12-14-5-3-2-4-6-14/h2-8,11H,9-10,12H2,1H3,(H,20,22). The number of anilines is 2. The lowest BCUT2D eigenvalue weighted by Crippen LogP contribution is -2.28. The lowest BCUT2D eigenvalue weighted by molar-refractivity contribution is -0.121. The highest BCUT2D eigenvalue weighted by Gasteiger charge is 2.30. The van der Waals surface area contributed by atoms with E-state index in [1.807, 2.05) is 37.3 Å². The number of nitrogens with one attached hydrogen (secondary N) is 1. The number of hydrogen-bond acceptors (Lipinski definition) is 3. The van der Waals surface area contributed by atoms with Gasteiger partial charge in [-0.25, -0.2) is 0 Å². The molecule has 5 heteroatoms. The molecule has 1 aliphatic rings. The molecule has 1 heterocycles. The van der Waals surface area contributed by atoms with Gasteiger partial charge in [0, 0.05) is 18.5 Å². The van der Waals surface area contributed by atoms with E-state index < -0.39 is 0 Å². The normalized spacial score (nSPS) is 14.1. The van der Waals surface area contributed by atoms with Crippen molar-refractivity contribution in [2.24, 2.45) is 0 Å². The fourth-order valence-electron chi connectivity index (χ4n) is 2.77. The molecule has 3 amide bonds. The van der Waals surface area contributed by atoms with Crippen LogP contribution in [0.3, 0.4) is 0 Å². The summed E-state index contributed by atoms with van der Waals surface area (Å²) >= 11 is 0. The minimum Gasteiger partial charge on any atom is -0.326 e. The predicted octanol–water partition coefficient (Wildman–Crippen LogP) is 2.83. The van der Waals surface area contributed by atoms with Crippen molar-refractivity contribution >= 4 is 29.1 Å². The minimum atomic E-state index is -0.180. The molecule has 24 heavy (non-hydrogen) atoms. The van der Waals surface area contributed by atoms with Gasteiger partial charge in [0.1, 0.15) is 0 Å². The highest BCUT2D eigenvalue weighted by atomic mass is 16.2. The molecule has 1 N–H and O–H groups in total. The summed E-state index contributed by atoms with van der Waals surface area (Å²) in [4.78, 5) is 37.0. The van der Waals surface area contributed by atoms with Crippen molar-refractivity contribution in [1.29, 1.82) is 0 Å². The van der Waals surface area contributed by atoms with Gasteiger partial charge in [-0.1, -0.05) is 30.3 Å². The van der Waals surface area contributed by atoms with Gasteiger partial charge in [-0.3, -0.25) is 19.3 Å². The Labute approximate surface area is 140 Å². The Bertz CT molecular complexity index is 784. The molecule has 1 fully saturated rings. The smallest absolute Gasteiger partial charge is 0.234 e. The number of nitrogens with zero attached hydrogens (tertiary/aromatic N) is 1. The molecule has 0 bridgehead atoms. The molecule has 3 rings (SSSR count). The summed E-state index contributed by atoms with van der Waals surface area (Å²) in [7, 11) is 0. The third kappa shape index (κ3) is 3.35. The van der Waals surface area contributed by atoms with Gasteiger partial charge in [0.05, 0.1) is 12.1 Å². The predicted molar refractivity (Wildman–Crippen MR) is 91.7 cm³/mol. The molecule has 2 aromatic rings. The number of imide groups is 1. The quantitative estimate of drug-likeness (QED) is 0.880. The second kappa shape index (κ2) is 6.66. The van der Waals surface area contributed by atoms with Crippen LogP contribution >= 0.6 is 0 Å². The first-order valence-electron chi connectivity index (χ1n) is 7.85. The average Bonchev–Trinajstić information content (AvgIpc) is 2.89. The van der Waals surface area contributed by atoms with E-state index in [0.717, 1.165) is 11.1 Å². The van der Waals surface area contributed by atoms with Crippen molar-refractivity contribution in [3.63, 3.8) is 0 Å². The summed E-state index contributed by atoms with van der Waals surface area (Å²) in [5.41, 5.74) is 2.98. The Balaban J connectivity index is 1.72. The second-order valence-corrected chi connectivity index (χ2v) is 5.83. The van der Waals surface area contributed by atoms with Crippen molar-refractivity contribution in [3.05, 3.63) is 59.7 Å². The van der Waals surface area contributed by atoms with Gasteiger partial charge in [-0.05, 0) is 36.2 Å². The summed E-state index contributed by atoms with van der Waals surface area (Å²) < 4.78 is 0. The summed E-state index contributed by atoms with van der Waals surface area (Å²) in [6.45, 7) is 1.84. The zero-order valence-corrected chi connectivity index (χ0v) is 13.4. The van der Waals surface area contributed by atoms with Gasteiger partial charge in [-0.2, -0.15) is 0 Å². The number of benzene rings is 2. The molecule has 5 nitrogen and oxygen atoms in total. The Morgan fingerprint density at radius 2 is 1.71 bits per heavy atom. The van der Waals surface area contributed by atoms with E-state index in [-0.39, 0.29) is 30.6 Å². The molecule has 0 aromatic heterocycles. The molecule has 0 unspecified atom stereocenters. The minimum absolute atomic E-state index is 0.106. The van der Waals surface area contributed by atoms with E-state index in [2.05, 4.69) is 5.32 Å². The highest BCUT2D eigenvalue weighted by molar-refractivity contribution is 6.19. The maximum Gasteiger partial charge on any atom is 0.234 e. The number of rotatable bonds is 4. The SMILES string of the molecule is Cc1cc(N2C(=O)CCC2=O)ccc1NC(=O)Cc1ccccc1. The molecule has 0 radical (unpaired) electrons. The molecule has 0 saturated carbocycles. The van der Waals surface area contributed by atoms with Gasteiger partial charge in [0.15, 0.2) is 0 Å². The summed E-state index contributed by atoms with van der Waals surface area (Å²) in [5.74, 6) is -0.467. The summed E-state index contributed by atoms with van der Waals surface area (Å²) in [6, 6.07) is 14.7. The summed E-state index contributed by atoms with van der Waals surface area (Å²) in [5, 5.41) is 2.87. The number of carbonyl (C=O) groups excluding carboxylic acids is 3. The lowest BCUT2D eigenvalue weighted by Gasteiger charge is -2.16. The van der Waals surface area contributed by atoms with Gasteiger partial charge in [0.25, 0.3) is 0 Å². The molecule has 0 atom stereocenters. The Morgan fingerprint density at radius 1 is 1.04 bits per heavy atom. The first kappa shape index (κ1) is 15.9. The van der Waals surface area contributed by atoms with Crippen LogP contribution in [0.5, 0.6) is 0 Å². The van der Waals surface area contributed by atoms with Crippen molar-refractivity contribution in [2.45, 2.75) is 26.2 Å². The average molecular weight is 322 g/mol. The number of aryl methyl sites for hydroxylation is 1. The van der Waals surface area contributed by atoms with Gasteiger partial charge in [0.2, 0.25) is 17.7 Å². The van der Waals surface area contributed by atoms with Crippen LogP contribution in [0, 0.1) is 6.92 Å². The molecule has 122 valence electrons. The van der Waals surface area contributed by atoms with Crippen LogP contribution < -0.4 is 10.2 Å². The van der Waals surface area contributed by atoms with Crippen LogP contribution in [0.15, 0.2) is 48.5 Å². The van der Waals surface area contributed by atoms with Gasteiger partial charge >= 0.3 is 0 Å². The monoisotopic (exact) mass is 322 g/mol. The third-order valence-electron chi connectivity index (χ3n) is 4.00. The Hall–Kier alpha value is -2.95. The van der Waals surface area contributed by atoms with E-state index in [9.17, 15) is 14.4 Å². The van der Waals surface area contributed by atoms with E-state index >= 15 is 0 Å². The molecular weight excluding hydrogens is 304 g/mol. The van der Waals surface area contributed by atoms with Crippen LogP contribution in [-0.2, 0) is 20.8 Å². The Kier molecular flexibility index (Phi) is 4.42. The third-order valence-corrected chi connectivity index (χ3v) is 4.00. The largest absolute Gasteiger partial charge is 0.326 e. The maximum atomic E-state index is 12.1. The molecular formula is C19H18N2O3. The fraction of sp³-hybridized carbons (Fsp3) is 0.211. The van der Waals surface area contributed by atoms with Crippen LogP contribution in [-0.4, -0.2) is 17.7 Å². The lowest BCUT2D eigenvalue weighted by atomic mass is 10.1. The van der Waals surface area contributed by atoms with Crippen LogP contribution in [0.1, 0.15) is 24.0 Å². The number of carbonyl (C=O) groups is 3. The Morgan fingerprint density at radius 3 is 2.33 bits per heavy atom. The van der Waals surface area contributed by atoms with Gasteiger partial charge in [-0.15, -0.1) is 0 Å². The summed E-state index contributed by atoms with van der Waals surface area (Å²) in [6.07, 6.45) is 0.812. The van der Waals surface area contributed by atoms with Crippen molar-refractivity contribution in [3.8, 4) is 0 Å². The number of amides is 3. The van der Waals surface area contributed by atoms with E-state index in [4.69, 9.17) is 0 Å². The topological polar surface area (TPSA) is 66.5 Å². The zero-order valence-electron chi connectivity index (χ0n) is 13.4. The first-order valence-corrected chi connectivity index (χ1v) is 7.85. The van der Waals surface area contributed by atoms with Crippen LogP contribution in [0.2, 0.25) is 0 Å². The zero-order chi connectivity index (χ0) is 17.1. The number of hydrogen-bond donors (Lipinski definition) is 1. The first-order chi connectivity index (χ1) is 11.5. The molecule has 1 aliphatic heterocycles.